The second-order valence-electron chi connectivity index (χ2n) is 4.20. The molecule has 3 heteroatoms. The monoisotopic (exact) mass is 229 g/mol. The van der Waals surface area contributed by atoms with Crippen LogP contribution < -0.4 is 5.32 Å². The molecule has 0 amide bonds. The molecule has 2 aromatic rings. The molecule has 0 fully saturated rings. The van der Waals surface area contributed by atoms with E-state index < -0.39 is 0 Å². The summed E-state index contributed by atoms with van der Waals surface area (Å²) in [5.74, 6) is 0. The molecule has 0 unspecified atom stereocenters. The Morgan fingerprint density at radius 1 is 1.24 bits per heavy atom. The first-order valence-corrected chi connectivity index (χ1v) is 6.07. The summed E-state index contributed by atoms with van der Waals surface area (Å²) in [7, 11) is 1.96. The molecule has 1 heterocycles. The van der Waals surface area contributed by atoms with Crippen molar-refractivity contribution in [2.24, 2.45) is 0 Å². The number of aryl methyl sites for hydroxylation is 2. The fourth-order valence-corrected chi connectivity index (χ4v) is 1.98. The van der Waals surface area contributed by atoms with Crippen LogP contribution in [0.4, 0.5) is 0 Å². The van der Waals surface area contributed by atoms with Crippen LogP contribution in [0.25, 0.3) is 0 Å². The van der Waals surface area contributed by atoms with Crippen molar-refractivity contribution in [2.45, 2.75) is 25.9 Å². The fourth-order valence-electron chi connectivity index (χ4n) is 1.98. The van der Waals surface area contributed by atoms with Crippen LogP contribution in [0.5, 0.6) is 0 Å². The average Bonchev–Trinajstić information content (AvgIpc) is 2.79. The van der Waals surface area contributed by atoms with E-state index in [-0.39, 0.29) is 0 Å². The maximum atomic E-state index is 4.19. The number of aromatic nitrogens is 2. The van der Waals surface area contributed by atoms with Crippen LogP contribution in [0, 0.1) is 0 Å². The van der Waals surface area contributed by atoms with Crippen molar-refractivity contribution in [1.82, 2.24) is 14.9 Å². The lowest BCUT2D eigenvalue weighted by atomic mass is 10.1. The molecule has 0 radical (unpaired) electrons. The summed E-state index contributed by atoms with van der Waals surface area (Å²) >= 11 is 0. The van der Waals surface area contributed by atoms with Gasteiger partial charge in [-0.05, 0) is 25.5 Å². The summed E-state index contributed by atoms with van der Waals surface area (Å²) in [4.78, 5) is 4.19. The molecule has 90 valence electrons. The molecule has 0 aliphatic heterocycles. The van der Waals surface area contributed by atoms with Gasteiger partial charge >= 0.3 is 0 Å². The van der Waals surface area contributed by atoms with Gasteiger partial charge in [0.2, 0.25) is 0 Å². The average molecular weight is 229 g/mol. The van der Waals surface area contributed by atoms with Crippen molar-refractivity contribution in [3.05, 3.63) is 54.1 Å². The second-order valence-corrected chi connectivity index (χ2v) is 4.20. The van der Waals surface area contributed by atoms with E-state index >= 15 is 0 Å². The number of benzene rings is 1. The highest BCUT2D eigenvalue weighted by molar-refractivity contribution is 5.14. The molecule has 2 rings (SSSR count). The molecule has 0 saturated carbocycles. The zero-order chi connectivity index (χ0) is 11.9. The molecule has 0 atom stereocenters. The van der Waals surface area contributed by atoms with Gasteiger partial charge in [0.05, 0.1) is 12.0 Å². The molecule has 17 heavy (non-hydrogen) atoms. The predicted octanol–water partition coefficient (Wildman–Crippen LogP) is 2.24. The SMILES string of the molecule is CNCc1cncn1CCCc1ccccc1. The van der Waals surface area contributed by atoms with Crippen molar-refractivity contribution < 1.29 is 0 Å². The molecule has 0 spiro atoms. The Kier molecular flexibility index (Phi) is 4.33. The normalized spacial score (nSPS) is 10.6. The van der Waals surface area contributed by atoms with Crippen LogP contribution in [-0.4, -0.2) is 16.6 Å². The third-order valence-corrected chi connectivity index (χ3v) is 2.86. The third kappa shape index (κ3) is 3.43. The number of hydrogen-bond acceptors (Lipinski definition) is 2. The summed E-state index contributed by atoms with van der Waals surface area (Å²) in [6.45, 7) is 1.91. The topological polar surface area (TPSA) is 29.9 Å². The van der Waals surface area contributed by atoms with E-state index in [1.165, 1.54) is 11.3 Å². The van der Waals surface area contributed by atoms with E-state index in [1.807, 2.05) is 19.6 Å². The highest BCUT2D eigenvalue weighted by atomic mass is 15.1. The van der Waals surface area contributed by atoms with Crippen molar-refractivity contribution in [3.63, 3.8) is 0 Å². The van der Waals surface area contributed by atoms with Crippen LogP contribution in [0.15, 0.2) is 42.9 Å². The molecule has 3 nitrogen and oxygen atoms in total. The molecule has 0 aliphatic rings. The largest absolute Gasteiger partial charge is 0.333 e. The van der Waals surface area contributed by atoms with Gasteiger partial charge in [-0.15, -0.1) is 0 Å². The minimum absolute atomic E-state index is 0.880. The Hall–Kier alpha value is -1.61. The predicted molar refractivity (Wildman–Crippen MR) is 69.8 cm³/mol. The van der Waals surface area contributed by atoms with Gasteiger partial charge in [0.25, 0.3) is 0 Å². The van der Waals surface area contributed by atoms with Crippen LogP contribution in [0.1, 0.15) is 17.7 Å². The highest BCUT2D eigenvalue weighted by Crippen LogP contribution is 2.06. The van der Waals surface area contributed by atoms with E-state index in [2.05, 4.69) is 45.2 Å². The number of rotatable bonds is 6. The fraction of sp³-hybridized carbons (Fsp3) is 0.357. The van der Waals surface area contributed by atoms with Gasteiger partial charge in [-0.2, -0.15) is 0 Å². The summed E-state index contributed by atoms with van der Waals surface area (Å²) in [5, 5.41) is 3.16. The quantitative estimate of drug-likeness (QED) is 0.823. The molecule has 0 aliphatic carbocycles. The standard InChI is InChI=1S/C14H19N3/c1-15-10-14-11-16-12-17(14)9-5-8-13-6-3-2-4-7-13/h2-4,6-7,11-12,15H,5,8-10H2,1H3. The van der Waals surface area contributed by atoms with Gasteiger partial charge in [0, 0.05) is 19.3 Å². The van der Waals surface area contributed by atoms with E-state index in [1.54, 1.807) is 0 Å². The van der Waals surface area contributed by atoms with Crippen molar-refractivity contribution in [3.8, 4) is 0 Å². The van der Waals surface area contributed by atoms with Gasteiger partial charge in [0.15, 0.2) is 0 Å². The molecule has 0 bridgehead atoms. The van der Waals surface area contributed by atoms with Crippen molar-refractivity contribution in [2.75, 3.05) is 7.05 Å². The maximum Gasteiger partial charge on any atom is 0.0948 e. The first kappa shape index (κ1) is 11.9. The molecule has 1 N–H and O–H groups in total. The molecule has 1 aromatic carbocycles. The van der Waals surface area contributed by atoms with Gasteiger partial charge in [0.1, 0.15) is 0 Å². The number of nitrogens with zero attached hydrogens (tertiary/aromatic N) is 2. The third-order valence-electron chi connectivity index (χ3n) is 2.86. The number of hydrogen-bond donors (Lipinski definition) is 1. The highest BCUT2D eigenvalue weighted by Gasteiger charge is 2.00. The minimum Gasteiger partial charge on any atom is -0.333 e. The van der Waals surface area contributed by atoms with Crippen LogP contribution >= 0.6 is 0 Å². The van der Waals surface area contributed by atoms with Gasteiger partial charge < -0.3 is 9.88 Å². The Morgan fingerprint density at radius 2 is 2.06 bits per heavy atom. The van der Waals surface area contributed by atoms with Gasteiger partial charge in [-0.3, -0.25) is 0 Å². The minimum atomic E-state index is 0.880. The van der Waals surface area contributed by atoms with Crippen LogP contribution in [0.2, 0.25) is 0 Å². The summed E-state index contributed by atoms with van der Waals surface area (Å²) in [5.41, 5.74) is 2.66. The lowest BCUT2D eigenvalue weighted by Gasteiger charge is -2.07. The van der Waals surface area contributed by atoms with Crippen LogP contribution in [-0.2, 0) is 19.5 Å². The molecule has 1 aromatic heterocycles. The summed E-state index contributed by atoms with van der Waals surface area (Å²) in [6, 6.07) is 10.6. The second kappa shape index (κ2) is 6.21. The Balaban J connectivity index is 1.84. The van der Waals surface area contributed by atoms with E-state index in [0.717, 1.165) is 25.9 Å². The Bertz CT molecular complexity index is 434. The summed E-state index contributed by atoms with van der Waals surface area (Å²) in [6.07, 6.45) is 6.12. The van der Waals surface area contributed by atoms with E-state index in [9.17, 15) is 0 Å². The Morgan fingerprint density at radius 3 is 2.82 bits per heavy atom. The maximum absolute atomic E-state index is 4.19. The smallest absolute Gasteiger partial charge is 0.0948 e. The van der Waals surface area contributed by atoms with Gasteiger partial charge in [-0.25, -0.2) is 4.98 Å². The van der Waals surface area contributed by atoms with Crippen LogP contribution in [0.3, 0.4) is 0 Å². The molecule has 0 saturated heterocycles. The first-order chi connectivity index (χ1) is 8.40. The van der Waals surface area contributed by atoms with Crippen molar-refractivity contribution in [1.29, 1.82) is 0 Å². The van der Waals surface area contributed by atoms with E-state index in [0.29, 0.717) is 0 Å². The number of nitrogens with one attached hydrogen (secondary N) is 1. The first-order valence-electron chi connectivity index (χ1n) is 6.07. The molecular formula is C14H19N3. The van der Waals surface area contributed by atoms with E-state index in [4.69, 9.17) is 0 Å². The lowest BCUT2D eigenvalue weighted by molar-refractivity contribution is 0.603. The van der Waals surface area contributed by atoms with Gasteiger partial charge in [-0.1, -0.05) is 30.3 Å². The Labute approximate surface area is 103 Å². The van der Waals surface area contributed by atoms with Crippen molar-refractivity contribution >= 4 is 0 Å². The molecular weight excluding hydrogens is 210 g/mol. The zero-order valence-corrected chi connectivity index (χ0v) is 10.3. The lowest BCUT2D eigenvalue weighted by Crippen LogP contribution is -2.11. The number of imidazole rings is 1. The zero-order valence-electron chi connectivity index (χ0n) is 10.3. The summed E-state index contributed by atoms with van der Waals surface area (Å²) < 4.78 is 2.22.